The van der Waals surface area contributed by atoms with Gasteiger partial charge >= 0.3 is 0 Å². The topological polar surface area (TPSA) is 61.0 Å². The maximum absolute atomic E-state index is 3.90. The van der Waals surface area contributed by atoms with Crippen LogP contribution in [0.15, 0.2) is 62.8 Å². The minimum atomic E-state index is 0. The lowest BCUT2D eigenvalue weighted by Crippen LogP contribution is -2.23. The lowest BCUT2D eigenvalue weighted by atomic mass is 10.9. The average molecular weight is 407 g/mol. The van der Waals surface area contributed by atoms with Crippen LogP contribution in [0.4, 0.5) is 0 Å². The predicted molar refractivity (Wildman–Crippen MR) is 109 cm³/mol. The second-order valence-electron chi connectivity index (χ2n) is 6.66. The van der Waals surface area contributed by atoms with Crippen LogP contribution in [0.1, 0.15) is 7.43 Å². The lowest BCUT2D eigenvalue weighted by Gasteiger charge is -1.72. The number of nitrogens with zero attached hydrogens (tertiary/aromatic N) is 10. The van der Waals surface area contributed by atoms with E-state index in [1.165, 1.54) is 0 Å². The summed E-state index contributed by atoms with van der Waals surface area (Å²) in [6.45, 7) is 0. The summed E-state index contributed by atoms with van der Waals surface area (Å²) in [6, 6.07) is 0. The van der Waals surface area contributed by atoms with Crippen LogP contribution in [-0.2, 0) is 56.4 Å². The van der Waals surface area contributed by atoms with Crippen molar-refractivity contribution in [3.8, 4) is 0 Å². The van der Waals surface area contributed by atoms with Crippen LogP contribution < -0.4 is 18.3 Å². The summed E-state index contributed by atoms with van der Waals surface area (Å²) >= 11 is 0. The normalized spacial score (nSPS) is 9.10. The second-order valence-corrected chi connectivity index (χ2v) is 6.66. The van der Waals surface area contributed by atoms with E-state index in [4.69, 9.17) is 0 Å². The molecule has 10 nitrogen and oxygen atoms in total. The number of imidazole rings is 2. The Morgan fingerprint density at radius 1 is 0.552 bits per heavy atom. The van der Waals surface area contributed by atoms with Crippen molar-refractivity contribution >= 4 is 0 Å². The lowest BCUT2D eigenvalue weighted by molar-refractivity contribution is -0.672. The summed E-state index contributed by atoms with van der Waals surface area (Å²) in [5.41, 5.74) is 0. The first-order valence-corrected chi connectivity index (χ1v) is 8.78. The van der Waals surface area contributed by atoms with E-state index in [1.54, 1.807) is 22.0 Å². The summed E-state index contributed by atoms with van der Waals surface area (Å²) in [7, 11) is 15.7. The quantitative estimate of drug-likeness (QED) is 0.345. The Morgan fingerprint density at radius 3 is 0.966 bits per heavy atom. The molecule has 0 unspecified atom stereocenters. The smallest absolute Gasteiger partial charge is 0.240 e. The highest BCUT2D eigenvalue weighted by atomic mass is 15.3. The number of aromatic nitrogens is 10. The number of hydrogen-bond donors (Lipinski definition) is 0. The van der Waals surface area contributed by atoms with Crippen LogP contribution in [0.3, 0.4) is 0 Å². The maximum Gasteiger partial charge on any atom is 0.264 e. The van der Waals surface area contributed by atoms with Crippen molar-refractivity contribution in [3.63, 3.8) is 0 Å². The Labute approximate surface area is 174 Å². The van der Waals surface area contributed by atoms with Gasteiger partial charge in [-0.15, -0.1) is 9.36 Å². The van der Waals surface area contributed by atoms with Crippen LogP contribution in [-0.4, -0.2) is 28.7 Å². The summed E-state index contributed by atoms with van der Waals surface area (Å²) in [6.07, 6.45) is 19.3. The van der Waals surface area contributed by atoms with E-state index in [2.05, 4.69) is 10.2 Å². The monoisotopic (exact) mass is 406 g/mol. The highest BCUT2D eigenvalue weighted by Gasteiger charge is 1.91. The summed E-state index contributed by atoms with van der Waals surface area (Å²) in [5.74, 6) is 0. The fraction of sp³-hybridized carbons (Fsp3) is 0.474. The van der Waals surface area contributed by atoms with E-state index in [9.17, 15) is 0 Å². The van der Waals surface area contributed by atoms with Gasteiger partial charge in [-0.2, -0.15) is 0 Å². The number of rotatable bonds is 0. The predicted octanol–water partition coefficient (Wildman–Crippen LogP) is -1.18. The minimum absolute atomic E-state index is 0. The third kappa shape index (κ3) is 11.9. The van der Waals surface area contributed by atoms with Gasteiger partial charge in [-0.05, 0) is 0 Å². The van der Waals surface area contributed by atoms with Gasteiger partial charge in [-0.1, -0.05) is 7.43 Å². The Hall–Kier alpha value is -3.30. The van der Waals surface area contributed by atoms with Gasteiger partial charge in [0.1, 0.15) is 24.8 Å². The van der Waals surface area contributed by atoms with Crippen LogP contribution in [0.5, 0.6) is 0 Å². The fourth-order valence-corrected chi connectivity index (χ4v) is 2.12. The molecule has 0 aliphatic carbocycles. The fourth-order valence-electron chi connectivity index (χ4n) is 2.12. The molecule has 4 rings (SSSR count). The molecule has 0 fully saturated rings. The van der Waals surface area contributed by atoms with Gasteiger partial charge in [0.05, 0.1) is 56.4 Å². The standard InChI is InChI=1S/2C5H9N2.2C4H8N3.CH4/c2*1-6-3-4-7(2)5-6;2*1-6-3-5-7(2)4-6;/h2*3-5H,1-2H3;2*3-4H,1-2H3;1H4/q4*+1;. The summed E-state index contributed by atoms with van der Waals surface area (Å²) < 4.78 is 15.3. The molecule has 160 valence electrons. The second kappa shape index (κ2) is 13.0. The van der Waals surface area contributed by atoms with Gasteiger partial charge in [0.25, 0.3) is 12.7 Å². The molecule has 4 heterocycles. The SMILES string of the molecule is C.Cn1c[n+](C)cn1.Cn1c[n+](C)cn1.Cn1cc[n+](C)c1.Cn1cc[n+](C)c1. The molecule has 0 saturated carbocycles. The van der Waals surface area contributed by atoms with Crippen LogP contribution >= 0.6 is 0 Å². The van der Waals surface area contributed by atoms with Crippen molar-refractivity contribution < 1.29 is 18.3 Å². The Balaban J connectivity index is 0.000000356. The van der Waals surface area contributed by atoms with Gasteiger partial charge in [-0.3, -0.25) is 0 Å². The number of hydrogen-bond acceptors (Lipinski definition) is 2. The largest absolute Gasteiger partial charge is 0.264 e. The molecule has 0 aromatic carbocycles. The summed E-state index contributed by atoms with van der Waals surface area (Å²) in [4.78, 5) is 0. The van der Waals surface area contributed by atoms with E-state index >= 15 is 0 Å². The van der Waals surface area contributed by atoms with Crippen molar-refractivity contribution in [2.45, 2.75) is 7.43 Å². The van der Waals surface area contributed by atoms with E-state index in [1.807, 2.05) is 134 Å². The van der Waals surface area contributed by atoms with Gasteiger partial charge in [0.2, 0.25) is 25.3 Å². The van der Waals surface area contributed by atoms with Gasteiger partial charge in [0.15, 0.2) is 0 Å². The minimum Gasteiger partial charge on any atom is -0.240 e. The highest BCUT2D eigenvalue weighted by molar-refractivity contribution is 4.61. The van der Waals surface area contributed by atoms with Crippen molar-refractivity contribution in [2.75, 3.05) is 0 Å². The molecule has 0 aliphatic rings. The first-order chi connectivity index (χ1) is 13.2. The van der Waals surface area contributed by atoms with Gasteiger partial charge in [-0.25, -0.2) is 27.4 Å². The van der Waals surface area contributed by atoms with Crippen LogP contribution in [0, 0.1) is 0 Å². The molecule has 0 bridgehead atoms. The van der Waals surface area contributed by atoms with Crippen molar-refractivity contribution in [1.82, 2.24) is 28.7 Å². The molecule has 0 N–H and O–H groups in total. The zero-order chi connectivity index (χ0) is 21.1. The molecule has 10 heteroatoms. The van der Waals surface area contributed by atoms with Gasteiger partial charge < -0.3 is 0 Å². The zero-order valence-electron chi connectivity index (χ0n) is 18.2. The van der Waals surface area contributed by atoms with E-state index in [0.29, 0.717) is 0 Å². The first-order valence-electron chi connectivity index (χ1n) is 8.78. The molecule has 0 saturated heterocycles. The van der Waals surface area contributed by atoms with Crippen LogP contribution in [0.2, 0.25) is 0 Å². The summed E-state index contributed by atoms with van der Waals surface area (Å²) in [5, 5.41) is 7.79. The third-order valence-corrected chi connectivity index (χ3v) is 3.33. The van der Waals surface area contributed by atoms with Crippen molar-refractivity contribution in [1.29, 1.82) is 0 Å². The third-order valence-electron chi connectivity index (χ3n) is 3.33. The zero-order valence-corrected chi connectivity index (χ0v) is 18.2. The Kier molecular flexibility index (Phi) is 11.5. The maximum atomic E-state index is 3.90. The molecular weight excluding hydrogens is 368 g/mol. The number of aryl methyl sites for hydroxylation is 8. The van der Waals surface area contributed by atoms with Crippen LogP contribution in [0.25, 0.3) is 0 Å². The highest BCUT2D eigenvalue weighted by Crippen LogP contribution is 1.71. The van der Waals surface area contributed by atoms with Gasteiger partial charge in [0, 0.05) is 10.2 Å². The molecule has 0 aliphatic heterocycles. The first kappa shape index (κ1) is 25.7. The molecular formula is C19H38N10+4. The molecule has 0 atom stereocenters. The van der Waals surface area contributed by atoms with E-state index in [0.717, 1.165) is 0 Å². The average Bonchev–Trinajstić information content (AvgIpc) is 3.37. The molecule has 4 aromatic rings. The Morgan fingerprint density at radius 2 is 0.897 bits per heavy atom. The molecule has 4 aromatic heterocycles. The van der Waals surface area contributed by atoms with E-state index < -0.39 is 0 Å². The molecule has 0 spiro atoms. The van der Waals surface area contributed by atoms with Crippen molar-refractivity contribution in [3.05, 3.63) is 62.8 Å². The molecule has 29 heavy (non-hydrogen) atoms. The Bertz CT molecular complexity index is 709. The molecule has 0 amide bonds. The molecule has 0 radical (unpaired) electrons. The van der Waals surface area contributed by atoms with E-state index in [-0.39, 0.29) is 7.43 Å². The van der Waals surface area contributed by atoms with Crippen molar-refractivity contribution in [2.24, 2.45) is 56.4 Å².